The maximum atomic E-state index is 12.4. The second-order valence-electron chi connectivity index (χ2n) is 5.88. The van der Waals surface area contributed by atoms with E-state index in [1.807, 2.05) is 0 Å². The Bertz CT molecular complexity index is 879. The molecule has 1 unspecified atom stereocenters. The summed E-state index contributed by atoms with van der Waals surface area (Å²) in [7, 11) is -39.9. The van der Waals surface area contributed by atoms with E-state index in [4.69, 9.17) is 4.80 Å². The highest BCUT2D eigenvalue weighted by molar-refractivity contribution is 7.78. The summed E-state index contributed by atoms with van der Waals surface area (Å²) in [5.74, 6) is 0. The molecule has 0 saturated heterocycles. The quantitative estimate of drug-likeness (QED) is 0.115. The molecule has 0 amide bonds. The van der Waals surface area contributed by atoms with Gasteiger partial charge in [0.2, 0.25) is 7.83 Å². The van der Waals surface area contributed by atoms with Crippen LogP contribution in [0.2, 0.25) is 12.6 Å². The maximum absolute atomic E-state index is 12.4. The van der Waals surface area contributed by atoms with Crippen LogP contribution in [-0.2, 0) is 44.6 Å². The second kappa shape index (κ2) is 13.9. The van der Waals surface area contributed by atoms with Gasteiger partial charge in [0, 0.05) is 0 Å². The van der Waals surface area contributed by atoms with Crippen LogP contribution in [0.25, 0.3) is 0 Å². The fourth-order valence-electron chi connectivity index (χ4n) is 1.84. The second-order valence-corrected chi connectivity index (χ2v) is 61.9. The molecule has 1 atom stereocenters. The number of hydrogen-bond donors (Lipinski definition) is 3. The first-order valence-corrected chi connectivity index (χ1v) is 36.6. The standard InChI is InChI=1S/C5H15NO12Si12/c1-6-4-3-5-30(2,18)29(17)28(16)27(15)26(14)25(13)24(12)23(11)22(10)21(9)20(8)19-7/h6-7,18H,3-5H2,1-2H3. The van der Waals surface area contributed by atoms with Gasteiger partial charge >= 0.3 is 77.2 Å². The zero-order chi connectivity index (χ0) is 23.8. The summed E-state index contributed by atoms with van der Waals surface area (Å²) < 4.78 is 120. The molecule has 3 N–H and O–H groups in total. The molecule has 0 aliphatic heterocycles. The molecule has 2 radical (unpaired) electrons. The first-order valence-electron chi connectivity index (χ1n) is 7.95. The lowest BCUT2D eigenvalue weighted by Crippen LogP contribution is -2.57. The third-order valence-electron chi connectivity index (χ3n) is 3.54. The van der Waals surface area contributed by atoms with Crippen molar-refractivity contribution >= 4 is 94.3 Å². The van der Waals surface area contributed by atoms with Gasteiger partial charge in [0.05, 0.1) is 0 Å². The average Bonchev–Trinajstić information content (AvgIpc) is 2.73. The summed E-state index contributed by atoms with van der Waals surface area (Å²) in [4.78, 5) is 19.0. The van der Waals surface area contributed by atoms with Crippen LogP contribution < -0.4 is 5.32 Å². The van der Waals surface area contributed by atoms with Crippen molar-refractivity contribution in [3.05, 3.63) is 0 Å². The van der Waals surface area contributed by atoms with Crippen molar-refractivity contribution in [2.75, 3.05) is 13.6 Å². The summed E-state index contributed by atoms with van der Waals surface area (Å²) in [6, 6.07) is 0.0680. The molecular weight excluding hydrogens is 603 g/mol. The number of rotatable bonds is 15. The van der Waals surface area contributed by atoms with Gasteiger partial charge in [-0.15, -0.1) is 0 Å². The lowest BCUT2D eigenvalue weighted by Gasteiger charge is -2.15. The smallest absolute Gasteiger partial charge is 0.381 e. The summed E-state index contributed by atoms with van der Waals surface area (Å²) >= 11 is 0. The Labute approximate surface area is 185 Å². The molecular formula is C5H15NO12Si12. The highest BCUT2D eigenvalue weighted by Crippen LogP contribution is 2.08. The SMILES string of the molecule is CNCCC[Si](C)(O)[Si](=O)[Si](=O)[Si](=O)[Si](=O)[Si](=O)[Si](=O)[Si](=O)[Si](=O)[Si](=O)[Si](=O)[Si]O. The Morgan fingerprint density at radius 2 is 1.10 bits per heavy atom. The Balaban J connectivity index is 5.35. The topological polar surface area (TPSA) is 223 Å². The van der Waals surface area contributed by atoms with Crippen molar-refractivity contribution in [1.29, 1.82) is 0 Å². The molecule has 0 fully saturated rings. The molecule has 0 rings (SSSR count). The third kappa shape index (κ3) is 8.44. The van der Waals surface area contributed by atoms with E-state index in [1.54, 1.807) is 7.05 Å². The lowest BCUT2D eigenvalue weighted by atomic mass is 10.5. The minimum absolute atomic E-state index is 0.0680. The summed E-state index contributed by atoms with van der Waals surface area (Å²) in [6.45, 7) is 1.72. The molecule has 0 aromatic carbocycles. The summed E-state index contributed by atoms with van der Waals surface area (Å²) in [5, 5.41) is 2.80. The van der Waals surface area contributed by atoms with Crippen LogP contribution in [0.5, 0.6) is 0 Å². The van der Waals surface area contributed by atoms with Gasteiger partial charge in [-0.2, -0.15) is 0 Å². The molecule has 0 aromatic rings. The van der Waals surface area contributed by atoms with Crippen molar-refractivity contribution in [2.24, 2.45) is 0 Å². The molecule has 0 aromatic heterocycles. The monoisotopic (exact) mass is 617 g/mol. The number of hydrogen-bond acceptors (Lipinski definition) is 13. The largest absolute Gasteiger partial charge is 0.429 e. The molecule has 0 aliphatic carbocycles. The van der Waals surface area contributed by atoms with E-state index in [1.165, 1.54) is 6.55 Å². The van der Waals surface area contributed by atoms with Crippen LogP contribution in [-0.4, -0.2) is 117 Å². The van der Waals surface area contributed by atoms with Gasteiger partial charge in [0.1, 0.15) is 0 Å². The fourth-order valence-corrected chi connectivity index (χ4v) is 119. The Kier molecular flexibility index (Phi) is 14.1. The third-order valence-corrected chi connectivity index (χ3v) is 88.1. The van der Waals surface area contributed by atoms with Crippen molar-refractivity contribution in [3.63, 3.8) is 0 Å². The van der Waals surface area contributed by atoms with Crippen LogP contribution in [0.4, 0.5) is 0 Å². The number of nitrogens with one attached hydrogen (secondary N) is 1. The molecule has 30 heavy (non-hydrogen) atoms. The van der Waals surface area contributed by atoms with Crippen LogP contribution in [0, 0.1) is 0 Å². The van der Waals surface area contributed by atoms with Gasteiger partial charge in [-0.05, 0) is 32.6 Å². The van der Waals surface area contributed by atoms with Gasteiger partial charge in [-0.3, -0.25) is 0 Å². The van der Waals surface area contributed by atoms with Crippen molar-refractivity contribution < 1.29 is 54.2 Å². The molecule has 160 valence electrons. The fraction of sp³-hybridized carbons (Fsp3) is 1.00. The minimum atomic E-state index is -3.91. The molecule has 0 saturated carbocycles. The van der Waals surface area contributed by atoms with Gasteiger partial charge in [0.15, 0.2) is 0 Å². The van der Waals surface area contributed by atoms with Crippen LogP contribution in [0.3, 0.4) is 0 Å². The first-order chi connectivity index (χ1) is 13.7. The van der Waals surface area contributed by atoms with E-state index in [2.05, 4.69) is 5.32 Å². The molecule has 0 aliphatic rings. The van der Waals surface area contributed by atoms with Gasteiger partial charge in [-0.25, -0.2) is 0 Å². The summed E-state index contributed by atoms with van der Waals surface area (Å²) in [6.07, 6.45) is 0.398. The predicted octanol–water partition coefficient (Wildman–Crippen LogP) is -5.72. The van der Waals surface area contributed by atoms with E-state index in [9.17, 15) is 49.4 Å². The Morgan fingerprint density at radius 3 is 1.47 bits per heavy atom. The van der Waals surface area contributed by atoms with E-state index >= 15 is 0 Å². The van der Waals surface area contributed by atoms with Gasteiger partial charge in [-0.1, -0.05) is 0 Å². The van der Waals surface area contributed by atoms with E-state index in [0.29, 0.717) is 13.0 Å². The van der Waals surface area contributed by atoms with Crippen LogP contribution in [0.15, 0.2) is 0 Å². The van der Waals surface area contributed by atoms with Crippen LogP contribution in [0.1, 0.15) is 6.42 Å². The van der Waals surface area contributed by atoms with E-state index < -0.39 is 94.3 Å². The minimum Gasteiger partial charge on any atom is -0.429 e. The first kappa shape index (κ1) is 30.5. The zero-order valence-corrected chi connectivity index (χ0v) is 27.6. The van der Waals surface area contributed by atoms with Crippen LogP contribution >= 0.6 is 0 Å². The maximum Gasteiger partial charge on any atom is 0.381 e. The normalized spacial score (nSPS) is 12.3. The predicted molar refractivity (Wildman–Crippen MR) is 110 cm³/mol. The van der Waals surface area contributed by atoms with Gasteiger partial charge < -0.3 is 59.5 Å². The van der Waals surface area contributed by atoms with Crippen molar-refractivity contribution in [1.82, 2.24) is 5.32 Å². The molecule has 0 bridgehead atoms. The Morgan fingerprint density at radius 1 is 0.733 bits per heavy atom. The Hall–Kier alpha value is 0.483. The average molecular weight is 618 g/mol. The summed E-state index contributed by atoms with van der Waals surface area (Å²) in [5.41, 5.74) is 0. The molecule has 0 spiro atoms. The zero-order valence-electron chi connectivity index (χ0n) is 15.6. The van der Waals surface area contributed by atoms with Gasteiger partial charge in [0.25, 0.3) is 9.28 Å². The molecule has 25 heteroatoms. The van der Waals surface area contributed by atoms with Crippen molar-refractivity contribution in [2.45, 2.75) is 19.0 Å². The van der Waals surface area contributed by atoms with E-state index in [0.717, 1.165) is 0 Å². The lowest BCUT2D eigenvalue weighted by molar-refractivity contribution is 0.525. The molecule has 0 heterocycles. The molecule has 13 nitrogen and oxygen atoms in total. The van der Waals surface area contributed by atoms with Crippen molar-refractivity contribution in [3.8, 4) is 0 Å². The highest BCUT2D eigenvalue weighted by Gasteiger charge is 2.53. The van der Waals surface area contributed by atoms with E-state index in [-0.39, 0.29) is 6.04 Å². The highest BCUT2D eigenvalue weighted by atomic mass is 30.1.